The molecular formula is C14H21N3O3. The second-order valence-electron chi connectivity index (χ2n) is 4.81. The highest BCUT2D eigenvalue weighted by Crippen LogP contribution is 2.20. The third kappa shape index (κ3) is 4.15. The second kappa shape index (κ2) is 6.79. The Bertz CT molecular complexity index is 500. The van der Waals surface area contributed by atoms with Crippen molar-refractivity contribution >= 4 is 17.5 Å². The van der Waals surface area contributed by atoms with E-state index < -0.39 is 0 Å². The molecule has 0 spiro atoms. The Morgan fingerprint density at radius 3 is 2.60 bits per heavy atom. The van der Waals surface area contributed by atoms with Gasteiger partial charge in [-0.05, 0) is 39.0 Å². The van der Waals surface area contributed by atoms with Gasteiger partial charge in [0.1, 0.15) is 5.75 Å². The summed E-state index contributed by atoms with van der Waals surface area (Å²) >= 11 is 0. The number of phenolic OH excluding ortho intramolecular Hbond substituents is 1. The molecular weight excluding hydrogens is 258 g/mol. The summed E-state index contributed by atoms with van der Waals surface area (Å²) in [6.07, 6.45) is 0. The van der Waals surface area contributed by atoms with E-state index in [1.807, 2.05) is 13.8 Å². The Kier molecular flexibility index (Phi) is 5.37. The Hall–Kier alpha value is -2.24. The highest BCUT2D eigenvalue weighted by atomic mass is 16.3. The van der Waals surface area contributed by atoms with E-state index in [1.165, 1.54) is 23.1 Å². The largest absolute Gasteiger partial charge is 0.508 e. The Morgan fingerprint density at radius 1 is 1.40 bits per heavy atom. The van der Waals surface area contributed by atoms with E-state index in [0.29, 0.717) is 6.54 Å². The molecule has 0 bridgehead atoms. The summed E-state index contributed by atoms with van der Waals surface area (Å²) in [7, 11) is 0. The van der Waals surface area contributed by atoms with Crippen LogP contribution in [0.2, 0.25) is 0 Å². The number of carbonyl (C=O) groups is 2. The van der Waals surface area contributed by atoms with Gasteiger partial charge in [0.15, 0.2) is 0 Å². The number of anilines is 1. The minimum atomic E-state index is -0.375. The van der Waals surface area contributed by atoms with E-state index in [-0.39, 0.29) is 41.4 Å². The molecule has 20 heavy (non-hydrogen) atoms. The molecule has 0 fully saturated rings. The first-order chi connectivity index (χ1) is 9.35. The van der Waals surface area contributed by atoms with Gasteiger partial charge in [0.25, 0.3) is 5.91 Å². The van der Waals surface area contributed by atoms with Gasteiger partial charge in [-0.3, -0.25) is 9.59 Å². The topological polar surface area (TPSA) is 95.7 Å². The molecule has 0 atom stereocenters. The molecule has 0 saturated carbocycles. The smallest absolute Gasteiger partial charge is 0.256 e. The number of rotatable bonds is 5. The highest BCUT2D eigenvalue weighted by molar-refractivity contribution is 6.01. The maximum Gasteiger partial charge on any atom is 0.256 e. The molecule has 1 rings (SSSR count). The molecule has 0 aliphatic heterocycles. The van der Waals surface area contributed by atoms with Gasteiger partial charge in [-0.25, -0.2) is 0 Å². The summed E-state index contributed by atoms with van der Waals surface area (Å²) in [5.41, 5.74) is 6.21. The van der Waals surface area contributed by atoms with Crippen LogP contribution in [0.15, 0.2) is 18.2 Å². The molecule has 0 unspecified atom stereocenters. The summed E-state index contributed by atoms with van der Waals surface area (Å²) in [6, 6.07) is 4.20. The van der Waals surface area contributed by atoms with Crippen molar-refractivity contribution in [3.8, 4) is 5.75 Å². The molecule has 1 aromatic rings. The van der Waals surface area contributed by atoms with Gasteiger partial charge < -0.3 is 21.1 Å². The van der Waals surface area contributed by atoms with E-state index in [9.17, 15) is 14.7 Å². The third-order valence-corrected chi connectivity index (χ3v) is 2.72. The standard InChI is InChI=1S/C14H21N3O3/c1-4-17(8-13(19)16-9(2)3)14(20)11-7-10(18)5-6-12(11)15/h5-7,9,18H,4,8,15H2,1-3H3,(H,16,19). The molecule has 1 aromatic carbocycles. The molecule has 0 heterocycles. The lowest BCUT2D eigenvalue weighted by atomic mass is 10.1. The lowest BCUT2D eigenvalue weighted by Gasteiger charge is -2.22. The van der Waals surface area contributed by atoms with Crippen molar-refractivity contribution in [1.82, 2.24) is 10.2 Å². The maximum absolute atomic E-state index is 12.3. The first-order valence-electron chi connectivity index (χ1n) is 6.52. The fraction of sp³-hybridized carbons (Fsp3) is 0.429. The zero-order chi connectivity index (χ0) is 15.3. The van der Waals surface area contributed by atoms with Gasteiger partial charge >= 0.3 is 0 Å². The van der Waals surface area contributed by atoms with E-state index in [2.05, 4.69) is 5.32 Å². The van der Waals surface area contributed by atoms with Gasteiger partial charge in [-0.15, -0.1) is 0 Å². The molecule has 6 heteroatoms. The third-order valence-electron chi connectivity index (χ3n) is 2.72. The van der Waals surface area contributed by atoms with Gasteiger partial charge in [-0.2, -0.15) is 0 Å². The van der Waals surface area contributed by atoms with Crippen LogP contribution < -0.4 is 11.1 Å². The normalized spacial score (nSPS) is 10.4. The van der Waals surface area contributed by atoms with Crippen LogP contribution >= 0.6 is 0 Å². The number of benzene rings is 1. The van der Waals surface area contributed by atoms with Gasteiger partial charge in [0.2, 0.25) is 5.91 Å². The average molecular weight is 279 g/mol. The zero-order valence-electron chi connectivity index (χ0n) is 12.0. The van der Waals surface area contributed by atoms with Crippen molar-refractivity contribution in [2.24, 2.45) is 0 Å². The Labute approximate surface area is 118 Å². The number of hydrogen-bond acceptors (Lipinski definition) is 4. The molecule has 0 saturated heterocycles. The number of nitrogen functional groups attached to an aromatic ring is 1. The first kappa shape index (κ1) is 15.8. The maximum atomic E-state index is 12.3. The van der Waals surface area contributed by atoms with Crippen LogP contribution in [-0.4, -0.2) is 41.0 Å². The van der Waals surface area contributed by atoms with Crippen molar-refractivity contribution in [3.05, 3.63) is 23.8 Å². The first-order valence-corrected chi connectivity index (χ1v) is 6.52. The monoisotopic (exact) mass is 279 g/mol. The van der Waals surface area contributed by atoms with Gasteiger partial charge in [-0.1, -0.05) is 0 Å². The number of nitrogens with two attached hydrogens (primary N) is 1. The van der Waals surface area contributed by atoms with Crippen LogP contribution in [0.25, 0.3) is 0 Å². The predicted octanol–water partition coefficient (Wildman–Crippen LogP) is 0.961. The SMILES string of the molecule is CCN(CC(=O)NC(C)C)C(=O)c1cc(O)ccc1N. The summed E-state index contributed by atoms with van der Waals surface area (Å²) in [6.45, 7) is 5.81. The van der Waals surface area contributed by atoms with Crippen molar-refractivity contribution < 1.29 is 14.7 Å². The summed E-state index contributed by atoms with van der Waals surface area (Å²) in [5.74, 6) is -0.640. The highest BCUT2D eigenvalue weighted by Gasteiger charge is 2.20. The second-order valence-corrected chi connectivity index (χ2v) is 4.81. The Balaban J connectivity index is 2.86. The lowest BCUT2D eigenvalue weighted by molar-refractivity contribution is -0.122. The van der Waals surface area contributed by atoms with Crippen molar-refractivity contribution in [1.29, 1.82) is 0 Å². The van der Waals surface area contributed by atoms with Gasteiger partial charge in [0.05, 0.1) is 12.1 Å². The number of nitrogens with zero attached hydrogens (tertiary/aromatic N) is 1. The number of amides is 2. The van der Waals surface area contributed by atoms with E-state index in [0.717, 1.165) is 0 Å². The van der Waals surface area contributed by atoms with Crippen LogP contribution in [-0.2, 0) is 4.79 Å². The number of nitrogens with one attached hydrogen (secondary N) is 1. The quantitative estimate of drug-likeness (QED) is 0.552. The van der Waals surface area contributed by atoms with Crippen LogP contribution in [0, 0.1) is 0 Å². The summed E-state index contributed by atoms with van der Waals surface area (Å²) < 4.78 is 0. The molecule has 110 valence electrons. The van der Waals surface area contributed by atoms with Crippen molar-refractivity contribution in [2.45, 2.75) is 26.8 Å². The lowest BCUT2D eigenvalue weighted by Crippen LogP contribution is -2.42. The fourth-order valence-corrected chi connectivity index (χ4v) is 1.77. The van der Waals surface area contributed by atoms with Crippen LogP contribution in [0.5, 0.6) is 5.75 Å². The van der Waals surface area contributed by atoms with Gasteiger partial charge in [0, 0.05) is 18.3 Å². The number of hydrogen-bond donors (Lipinski definition) is 3. The van der Waals surface area contributed by atoms with Crippen LogP contribution in [0.4, 0.5) is 5.69 Å². The van der Waals surface area contributed by atoms with Crippen molar-refractivity contribution in [3.63, 3.8) is 0 Å². The number of aromatic hydroxyl groups is 1. The number of likely N-dealkylation sites (N-methyl/N-ethyl adjacent to an activating group) is 1. The molecule has 6 nitrogen and oxygen atoms in total. The van der Waals surface area contributed by atoms with Crippen LogP contribution in [0.3, 0.4) is 0 Å². The molecule has 0 radical (unpaired) electrons. The van der Waals surface area contributed by atoms with E-state index >= 15 is 0 Å². The minimum Gasteiger partial charge on any atom is -0.508 e. The van der Waals surface area contributed by atoms with E-state index in [1.54, 1.807) is 6.92 Å². The fourth-order valence-electron chi connectivity index (χ4n) is 1.77. The average Bonchev–Trinajstić information content (AvgIpc) is 2.37. The summed E-state index contributed by atoms with van der Waals surface area (Å²) in [4.78, 5) is 25.4. The number of carbonyl (C=O) groups excluding carboxylic acids is 2. The number of phenols is 1. The van der Waals surface area contributed by atoms with E-state index in [4.69, 9.17) is 5.73 Å². The molecule has 4 N–H and O–H groups in total. The zero-order valence-corrected chi connectivity index (χ0v) is 12.0. The molecule has 0 aromatic heterocycles. The van der Waals surface area contributed by atoms with Crippen molar-refractivity contribution in [2.75, 3.05) is 18.8 Å². The molecule has 0 aliphatic carbocycles. The Morgan fingerprint density at radius 2 is 2.05 bits per heavy atom. The summed E-state index contributed by atoms with van der Waals surface area (Å²) in [5, 5.41) is 12.2. The minimum absolute atomic E-state index is 0.0159. The predicted molar refractivity (Wildman–Crippen MR) is 77.4 cm³/mol. The molecule has 0 aliphatic rings. The molecule has 2 amide bonds. The van der Waals surface area contributed by atoms with Crippen LogP contribution in [0.1, 0.15) is 31.1 Å².